The van der Waals surface area contributed by atoms with Crippen molar-refractivity contribution in [1.82, 2.24) is 20.4 Å². The monoisotopic (exact) mass is 484 g/mol. The van der Waals surface area contributed by atoms with Crippen LogP contribution in [0.25, 0.3) is 11.5 Å². The predicted octanol–water partition coefficient (Wildman–Crippen LogP) is 4.24. The smallest absolute Gasteiger partial charge is 0.314 e. The van der Waals surface area contributed by atoms with Crippen molar-refractivity contribution in [3.05, 3.63) is 35.0 Å². The maximum absolute atomic E-state index is 14.9. The zero-order valence-corrected chi connectivity index (χ0v) is 17.9. The first-order chi connectivity index (χ1) is 16.2. The van der Waals surface area contributed by atoms with E-state index < -0.39 is 53.9 Å². The molecule has 182 valence electrons. The van der Waals surface area contributed by atoms with Gasteiger partial charge in [-0.2, -0.15) is 8.78 Å². The number of amides is 2. The number of aromatic nitrogens is 2. The van der Waals surface area contributed by atoms with Crippen LogP contribution in [0.3, 0.4) is 0 Å². The summed E-state index contributed by atoms with van der Waals surface area (Å²) < 4.78 is 72.0. The molecule has 0 saturated heterocycles. The Morgan fingerprint density at radius 3 is 2.53 bits per heavy atom. The Morgan fingerprint density at radius 2 is 1.88 bits per heavy atom. The van der Waals surface area contributed by atoms with E-state index >= 15 is 0 Å². The molecular weight excluding hydrogens is 463 g/mol. The van der Waals surface area contributed by atoms with Gasteiger partial charge in [0.15, 0.2) is 0 Å². The number of carbonyl (C=O) groups excluding carboxylic acids is 2. The molecule has 1 aliphatic heterocycles. The van der Waals surface area contributed by atoms with Gasteiger partial charge in [0.2, 0.25) is 11.8 Å². The van der Waals surface area contributed by atoms with E-state index in [-0.39, 0.29) is 42.0 Å². The van der Waals surface area contributed by atoms with Gasteiger partial charge in [-0.3, -0.25) is 9.59 Å². The minimum atomic E-state index is -2.99. The molecule has 2 amide bonds. The number of nitrogens with one attached hydrogen (secondary N) is 1. The average Bonchev–Trinajstić information content (AvgIpc) is 3.36. The quantitative estimate of drug-likeness (QED) is 0.620. The van der Waals surface area contributed by atoms with Gasteiger partial charge in [-0.25, -0.2) is 13.2 Å². The zero-order chi connectivity index (χ0) is 24.2. The molecule has 7 nitrogen and oxygen atoms in total. The summed E-state index contributed by atoms with van der Waals surface area (Å²) in [5, 5.41) is 9.45. The molecule has 2 fully saturated rings. The van der Waals surface area contributed by atoms with Gasteiger partial charge in [0, 0.05) is 22.7 Å². The molecule has 2 atom stereocenters. The van der Waals surface area contributed by atoms with Crippen molar-refractivity contribution in [2.24, 2.45) is 5.41 Å². The molecule has 3 aliphatic rings. The molecule has 2 aromatic rings. The van der Waals surface area contributed by atoms with Gasteiger partial charge in [0.1, 0.15) is 11.2 Å². The van der Waals surface area contributed by atoms with Crippen molar-refractivity contribution in [3.63, 3.8) is 0 Å². The number of fused-ring (bicyclic) bond motifs is 1. The SMILES string of the molecule is O=C1c2cc(-c3nnc(C(F)F)o3)cc(F)c2CN1[C@@H]1CCCC[C@H]1NC(=O)C1(C(F)F)CC1. The van der Waals surface area contributed by atoms with Gasteiger partial charge in [-0.05, 0) is 37.8 Å². The highest BCUT2D eigenvalue weighted by Crippen LogP contribution is 2.51. The molecular formula is C22H21F5N4O3. The first-order valence-corrected chi connectivity index (χ1v) is 11.1. The predicted molar refractivity (Wildman–Crippen MR) is 106 cm³/mol. The summed E-state index contributed by atoms with van der Waals surface area (Å²) in [6, 6.07) is 1.35. The third-order valence-electron chi connectivity index (χ3n) is 6.99. The second kappa shape index (κ2) is 8.31. The van der Waals surface area contributed by atoms with E-state index in [0.29, 0.717) is 12.8 Å². The Morgan fingerprint density at radius 1 is 1.15 bits per heavy atom. The Balaban J connectivity index is 1.38. The van der Waals surface area contributed by atoms with Crippen LogP contribution in [-0.2, 0) is 11.3 Å². The summed E-state index contributed by atoms with van der Waals surface area (Å²) in [7, 11) is 0. The lowest BCUT2D eigenvalue weighted by atomic mass is 9.88. The molecule has 1 aromatic heterocycles. The Kier molecular flexibility index (Phi) is 5.56. The molecule has 12 heteroatoms. The van der Waals surface area contributed by atoms with Crippen LogP contribution in [0.1, 0.15) is 66.8 Å². The van der Waals surface area contributed by atoms with Crippen LogP contribution in [0, 0.1) is 11.2 Å². The fourth-order valence-electron chi connectivity index (χ4n) is 4.86. The maximum atomic E-state index is 14.9. The first kappa shape index (κ1) is 22.7. The largest absolute Gasteiger partial charge is 0.415 e. The summed E-state index contributed by atoms with van der Waals surface area (Å²) in [5.41, 5.74) is -1.49. The third-order valence-corrected chi connectivity index (χ3v) is 6.99. The van der Waals surface area contributed by atoms with Crippen LogP contribution in [0.15, 0.2) is 16.5 Å². The summed E-state index contributed by atoms with van der Waals surface area (Å²) in [5.74, 6) is -3.19. The number of nitrogens with zero attached hydrogens (tertiary/aromatic N) is 3. The summed E-state index contributed by atoms with van der Waals surface area (Å²) in [6.07, 6.45) is -2.92. The topological polar surface area (TPSA) is 88.3 Å². The average molecular weight is 484 g/mol. The number of rotatable bonds is 6. The normalized spacial score (nSPS) is 23.5. The van der Waals surface area contributed by atoms with E-state index in [1.165, 1.54) is 11.0 Å². The minimum Gasteiger partial charge on any atom is -0.415 e. The Bertz CT molecular complexity index is 1130. The van der Waals surface area contributed by atoms with Crippen LogP contribution < -0.4 is 5.32 Å². The Labute approximate surface area is 190 Å². The summed E-state index contributed by atoms with van der Waals surface area (Å²) >= 11 is 0. The number of hydrogen-bond acceptors (Lipinski definition) is 5. The highest BCUT2D eigenvalue weighted by atomic mass is 19.3. The van der Waals surface area contributed by atoms with E-state index in [4.69, 9.17) is 4.42 Å². The molecule has 1 aromatic carbocycles. The molecule has 34 heavy (non-hydrogen) atoms. The number of carbonyl (C=O) groups is 2. The van der Waals surface area contributed by atoms with Gasteiger partial charge in [-0.15, -0.1) is 10.2 Å². The molecule has 5 rings (SSSR count). The van der Waals surface area contributed by atoms with E-state index in [1.54, 1.807) is 0 Å². The lowest BCUT2D eigenvalue weighted by Crippen LogP contribution is -2.55. The summed E-state index contributed by atoms with van der Waals surface area (Å²) in [6.45, 7) is -0.0522. The van der Waals surface area contributed by atoms with Gasteiger partial charge in [0.25, 0.3) is 18.2 Å². The second-order valence-electron chi connectivity index (χ2n) is 9.05. The molecule has 0 spiro atoms. The van der Waals surface area contributed by atoms with Crippen molar-refractivity contribution < 1.29 is 36.0 Å². The van der Waals surface area contributed by atoms with Crippen molar-refractivity contribution in [3.8, 4) is 11.5 Å². The van der Waals surface area contributed by atoms with Crippen molar-refractivity contribution >= 4 is 11.8 Å². The molecule has 2 aliphatic carbocycles. The van der Waals surface area contributed by atoms with Crippen molar-refractivity contribution in [2.75, 3.05) is 0 Å². The third kappa shape index (κ3) is 3.72. The molecule has 0 bridgehead atoms. The molecule has 0 unspecified atom stereocenters. The standard InChI is InChI=1S/C22H21F5N4O3/c23-13-8-10(17-29-30-18(34-17)16(24)25)7-11-12(13)9-31(19(11)32)15-4-2-1-3-14(15)28-21(33)22(5-6-22)20(26)27/h7-8,14-16,20H,1-6,9H2,(H,28,33)/t14-,15-/m1/s1. The second-order valence-corrected chi connectivity index (χ2v) is 9.05. The van der Waals surface area contributed by atoms with Gasteiger partial charge in [0.05, 0.1) is 12.6 Å². The van der Waals surface area contributed by atoms with Gasteiger partial charge in [-0.1, -0.05) is 12.8 Å². The van der Waals surface area contributed by atoms with Crippen LogP contribution in [0.2, 0.25) is 0 Å². The zero-order valence-electron chi connectivity index (χ0n) is 17.9. The van der Waals surface area contributed by atoms with Crippen molar-refractivity contribution in [1.29, 1.82) is 0 Å². The van der Waals surface area contributed by atoms with Gasteiger partial charge < -0.3 is 14.6 Å². The number of halogens is 5. The van der Waals surface area contributed by atoms with Crippen LogP contribution in [0.4, 0.5) is 22.0 Å². The molecule has 2 saturated carbocycles. The highest BCUT2D eigenvalue weighted by Gasteiger charge is 2.58. The van der Waals surface area contributed by atoms with Crippen LogP contribution >= 0.6 is 0 Å². The number of benzene rings is 1. The molecule has 1 N–H and O–H groups in total. The van der Waals surface area contributed by atoms with Gasteiger partial charge >= 0.3 is 6.43 Å². The lowest BCUT2D eigenvalue weighted by Gasteiger charge is -2.38. The van der Waals surface area contributed by atoms with Crippen molar-refractivity contribution in [2.45, 2.75) is 70.0 Å². The maximum Gasteiger partial charge on any atom is 0.314 e. The van der Waals surface area contributed by atoms with E-state index in [1.807, 2.05) is 0 Å². The van der Waals surface area contributed by atoms with E-state index in [9.17, 15) is 31.5 Å². The molecule has 2 heterocycles. The van der Waals surface area contributed by atoms with E-state index in [2.05, 4.69) is 15.5 Å². The minimum absolute atomic E-state index is 0.00745. The number of alkyl halides is 4. The summed E-state index contributed by atoms with van der Waals surface area (Å²) in [4.78, 5) is 27.3. The van der Waals surface area contributed by atoms with Crippen LogP contribution in [0.5, 0.6) is 0 Å². The number of hydrogen-bond donors (Lipinski definition) is 1. The molecule has 0 radical (unpaired) electrons. The van der Waals surface area contributed by atoms with E-state index in [0.717, 1.165) is 18.9 Å². The lowest BCUT2D eigenvalue weighted by molar-refractivity contribution is -0.133. The highest BCUT2D eigenvalue weighted by molar-refractivity contribution is 5.99. The first-order valence-electron chi connectivity index (χ1n) is 11.1. The fourth-order valence-corrected chi connectivity index (χ4v) is 4.86. The van der Waals surface area contributed by atoms with Crippen LogP contribution in [-0.4, -0.2) is 45.4 Å². The Hall–Kier alpha value is -3.05. The fraction of sp³-hybridized carbons (Fsp3) is 0.545.